The molecule has 12 heteroatoms. The average molecular weight is 399 g/mol. The molecule has 0 aliphatic heterocycles. The molecule has 0 unspecified atom stereocenters. The van der Waals surface area contributed by atoms with Gasteiger partial charge in [-0.2, -0.15) is 13.2 Å². The molecule has 0 saturated carbocycles. The van der Waals surface area contributed by atoms with Gasteiger partial charge in [0.2, 0.25) is 5.91 Å². The number of rotatable bonds is 4. The summed E-state index contributed by atoms with van der Waals surface area (Å²) >= 11 is 5.56. The Morgan fingerprint density at radius 1 is 1.26 bits per heavy atom. The number of amides is 1. The first-order valence-corrected chi connectivity index (χ1v) is 7.72. The summed E-state index contributed by atoms with van der Waals surface area (Å²) in [6, 6.07) is 6.95. The normalized spacial score (nSPS) is 11.4. The van der Waals surface area contributed by atoms with Gasteiger partial charge < -0.3 is 9.88 Å². The maximum Gasteiger partial charge on any atom is 0.417 e. The van der Waals surface area contributed by atoms with E-state index in [1.165, 1.54) is 11.0 Å². The lowest BCUT2D eigenvalue weighted by Gasteiger charge is -2.12. The van der Waals surface area contributed by atoms with Gasteiger partial charge in [0.25, 0.3) is 5.56 Å². The molecule has 3 rings (SSSR count). The monoisotopic (exact) mass is 398 g/mol. The summed E-state index contributed by atoms with van der Waals surface area (Å²) in [5.74, 6) is -0.707. The zero-order valence-corrected chi connectivity index (χ0v) is 14.1. The van der Waals surface area contributed by atoms with Gasteiger partial charge in [0, 0.05) is 11.9 Å². The maximum absolute atomic E-state index is 12.8. The van der Waals surface area contributed by atoms with E-state index in [0.29, 0.717) is 28.2 Å². The van der Waals surface area contributed by atoms with E-state index in [9.17, 15) is 22.8 Å². The fraction of sp³-hybridized carbons (Fsp3) is 0.133. The molecule has 2 aromatic heterocycles. The van der Waals surface area contributed by atoms with E-state index in [0.717, 1.165) is 0 Å². The third kappa shape index (κ3) is 4.31. The van der Waals surface area contributed by atoms with Gasteiger partial charge in [-0.25, -0.2) is 4.68 Å². The highest BCUT2D eigenvalue weighted by Crippen LogP contribution is 2.29. The highest BCUT2D eigenvalue weighted by atomic mass is 35.5. The van der Waals surface area contributed by atoms with Gasteiger partial charge in [-0.15, -0.1) is 5.10 Å². The number of benzene rings is 1. The molecule has 0 aliphatic rings. The molecule has 0 spiro atoms. The zero-order valence-electron chi connectivity index (χ0n) is 13.3. The van der Waals surface area contributed by atoms with Crippen LogP contribution in [0.25, 0.3) is 5.69 Å². The standard InChI is InChI=1S/C15H10ClF3N6O2/c16-12-4-9(15(17,18)19)6-24(14(12)27)7-13(26)21-10-2-1-3-11(5-10)25-8-20-22-23-25/h1-6,8H,7H2,(H,21,26). The van der Waals surface area contributed by atoms with Crippen molar-refractivity contribution in [1.29, 1.82) is 0 Å². The number of carbonyl (C=O) groups excluding carboxylic acids is 1. The van der Waals surface area contributed by atoms with Crippen LogP contribution in [0, 0.1) is 0 Å². The summed E-state index contributed by atoms with van der Waals surface area (Å²) in [5.41, 5.74) is -1.13. The van der Waals surface area contributed by atoms with Crippen LogP contribution in [-0.2, 0) is 17.5 Å². The zero-order chi connectivity index (χ0) is 19.6. The van der Waals surface area contributed by atoms with Crippen LogP contribution in [-0.4, -0.2) is 30.7 Å². The Balaban J connectivity index is 1.80. The van der Waals surface area contributed by atoms with Crippen molar-refractivity contribution >= 4 is 23.2 Å². The molecular formula is C15H10ClF3N6O2. The van der Waals surface area contributed by atoms with E-state index in [-0.39, 0.29) is 0 Å². The van der Waals surface area contributed by atoms with Crippen LogP contribution in [0.2, 0.25) is 5.02 Å². The number of hydrogen-bond donors (Lipinski definition) is 1. The predicted molar refractivity (Wildman–Crippen MR) is 88.5 cm³/mol. The number of anilines is 1. The van der Waals surface area contributed by atoms with Crippen LogP contribution < -0.4 is 10.9 Å². The Morgan fingerprint density at radius 2 is 2.04 bits per heavy atom. The third-order valence-corrected chi connectivity index (χ3v) is 3.70. The minimum absolute atomic E-state index is 0.346. The van der Waals surface area contributed by atoms with Gasteiger partial charge >= 0.3 is 6.18 Å². The van der Waals surface area contributed by atoms with E-state index >= 15 is 0 Å². The summed E-state index contributed by atoms with van der Waals surface area (Å²) in [6.45, 7) is -0.641. The van der Waals surface area contributed by atoms with Gasteiger partial charge in [-0.05, 0) is 34.7 Å². The summed E-state index contributed by atoms with van der Waals surface area (Å²) in [5, 5.41) is 12.6. The first-order valence-electron chi connectivity index (χ1n) is 7.34. The van der Waals surface area contributed by atoms with Crippen molar-refractivity contribution in [3.05, 3.63) is 63.8 Å². The second-order valence-electron chi connectivity index (χ2n) is 5.36. The molecule has 0 radical (unpaired) electrons. The second kappa shape index (κ2) is 7.19. The lowest BCUT2D eigenvalue weighted by Crippen LogP contribution is -2.29. The molecular weight excluding hydrogens is 389 g/mol. The summed E-state index contributed by atoms with van der Waals surface area (Å²) in [6.07, 6.45) is -2.80. The van der Waals surface area contributed by atoms with Gasteiger partial charge in [0.15, 0.2) is 0 Å². The molecule has 8 nitrogen and oxygen atoms in total. The molecule has 140 valence electrons. The molecule has 0 atom stereocenters. The Hall–Kier alpha value is -3.21. The number of carbonyl (C=O) groups is 1. The van der Waals surface area contributed by atoms with E-state index in [1.807, 2.05) is 0 Å². The summed E-state index contributed by atoms with van der Waals surface area (Å²) in [4.78, 5) is 24.1. The molecule has 0 aliphatic carbocycles. The smallest absolute Gasteiger partial charge is 0.324 e. The highest BCUT2D eigenvalue weighted by molar-refractivity contribution is 6.30. The molecule has 3 aromatic rings. The molecule has 0 fully saturated rings. The number of pyridine rings is 1. The molecule has 2 heterocycles. The van der Waals surface area contributed by atoms with Gasteiger partial charge in [0.05, 0.1) is 11.3 Å². The van der Waals surface area contributed by atoms with Crippen molar-refractivity contribution in [3.8, 4) is 5.69 Å². The molecule has 27 heavy (non-hydrogen) atoms. The SMILES string of the molecule is O=C(Cn1cc(C(F)(F)F)cc(Cl)c1=O)Nc1cccc(-n2cnnn2)c1. The molecule has 1 aromatic carbocycles. The molecule has 0 bridgehead atoms. The predicted octanol–water partition coefficient (Wildman–Crippen LogP) is 2.13. The fourth-order valence-electron chi connectivity index (χ4n) is 2.23. The number of alkyl halides is 3. The van der Waals surface area contributed by atoms with Crippen LogP contribution in [0.5, 0.6) is 0 Å². The van der Waals surface area contributed by atoms with Gasteiger partial charge in [-0.1, -0.05) is 17.7 Å². The van der Waals surface area contributed by atoms with Crippen LogP contribution >= 0.6 is 11.6 Å². The quantitative estimate of drug-likeness (QED) is 0.726. The summed E-state index contributed by atoms with van der Waals surface area (Å²) < 4.78 is 40.5. The molecule has 1 amide bonds. The fourth-order valence-corrected chi connectivity index (χ4v) is 2.46. The van der Waals surface area contributed by atoms with E-state index in [1.54, 1.807) is 24.3 Å². The van der Waals surface area contributed by atoms with Gasteiger partial charge in [0.1, 0.15) is 17.9 Å². The van der Waals surface area contributed by atoms with Crippen LogP contribution in [0.3, 0.4) is 0 Å². The topological polar surface area (TPSA) is 94.7 Å². The van der Waals surface area contributed by atoms with Crippen molar-refractivity contribution < 1.29 is 18.0 Å². The van der Waals surface area contributed by atoms with Crippen molar-refractivity contribution in [2.75, 3.05) is 5.32 Å². The van der Waals surface area contributed by atoms with E-state index in [4.69, 9.17) is 11.6 Å². The number of tetrazole rings is 1. The highest BCUT2D eigenvalue weighted by Gasteiger charge is 2.32. The Morgan fingerprint density at radius 3 is 2.70 bits per heavy atom. The van der Waals surface area contributed by atoms with Crippen LogP contribution in [0.4, 0.5) is 18.9 Å². The number of nitrogens with one attached hydrogen (secondary N) is 1. The first-order chi connectivity index (χ1) is 12.7. The van der Waals surface area contributed by atoms with Crippen molar-refractivity contribution in [2.45, 2.75) is 12.7 Å². The van der Waals surface area contributed by atoms with Crippen molar-refractivity contribution in [2.24, 2.45) is 0 Å². The minimum atomic E-state index is -4.70. The Kier molecular flexibility index (Phi) is 4.95. The van der Waals surface area contributed by atoms with E-state index < -0.39 is 34.8 Å². The lowest BCUT2D eigenvalue weighted by atomic mass is 10.2. The van der Waals surface area contributed by atoms with Crippen LogP contribution in [0.15, 0.2) is 47.7 Å². The minimum Gasteiger partial charge on any atom is -0.324 e. The lowest BCUT2D eigenvalue weighted by molar-refractivity contribution is -0.138. The average Bonchev–Trinajstić information content (AvgIpc) is 3.12. The third-order valence-electron chi connectivity index (χ3n) is 3.43. The Bertz CT molecular complexity index is 1030. The van der Waals surface area contributed by atoms with Crippen molar-refractivity contribution in [1.82, 2.24) is 24.8 Å². The second-order valence-corrected chi connectivity index (χ2v) is 5.77. The first kappa shape index (κ1) is 18.6. The van der Waals surface area contributed by atoms with Gasteiger partial charge in [-0.3, -0.25) is 9.59 Å². The number of hydrogen-bond acceptors (Lipinski definition) is 5. The van der Waals surface area contributed by atoms with Crippen molar-refractivity contribution in [3.63, 3.8) is 0 Å². The number of nitrogens with zero attached hydrogens (tertiary/aromatic N) is 5. The Labute approximate surface area is 154 Å². The molecule has 1 N–H and O–H groups in total. The molecule has 0 saturated heterocycles. The number of halogens is 4. The van der Waals surface area contributed by atoms with E-state index in [2.05, 4.69) is 20.8 Å². The number of aromatic nitrogens is 5. The van der Waals surface area contributed by atoms with Crippen LogP contribution in [0.1, 0.15) is 5.56 Å². The summed E-state index contributed by atoms with van der Waals surface area (Å²) in [7, 11) is 0. The maximum atomic E-state index is 12.8. The largest absolute Gasteiger partial charge is 0.417 e.